The lowest BCUT2D eigenvalue weighted by Gasteiger charge is -2.50. The Hall–Kier alpha value is -4.13. The van der Waals surface area contributed by atoms with Gasteiger partial charge >= 0.3 is 5.97 Å². The summed E-state index contributed by atoms with van der Waals surface area (Å²) in [5, 5.41) is 0. The largest absolute Gasteiger partial charge is 0.497 e. The van der Waals surface area contributed by atoms with Crippen molar-refractivity contribution in [1.82, 2.24) is 4.90 Å². The standard InChI is InChI=1S/C36H39NO10/c1-41-25-18-16-24(17-19-25)35-45-22-28-31(47-35)32(44-21-23-11-5-3-6-12-23)30(36(46-28)43-20-10-4-7-15-29(38)42-2)37-33(39)26-13-8-9-14-27(26)34(37)40/h3,5-6,8-9,11-14,16-19,28,30-32,35-36H,4,7,10,15,20-22H2,1-2H3/t28-,30-,31-,32-,35?,36-/m1/s1. The SMILES string of the molecule is COC(=O)CCCCCO[C@@H]1O[C@@H]2COC(c3ccc(OC)cc3)O[C@H]2[C@H](OCc2ccccc2)[C@H]1N1C(=O)c2ccccc2C1=O. The van der Waals surface area contributed by atoms with Gasteiger partial charge in [-0.05, 0) is 42.7 Å². The fourth-order valence-corrected chi connectivity index (χ4v) is 6.19. The third kappa shape index (κ3) is 7.24. The summed E-state index contributed by atoms with van der Waals surface area (Å²) in [6.45, 7) is 0.636. The first-order valence-electron chi connectivity index (χ1n) is 15.9. The highest BCUT2D eigenvalue weighted by atomic mass is 16.8. The zero-order valence-corrected chi connectivity index (χ0v) is 26.4. The molecule has 1 unspecified atom stereocenters. The van der Waals surface area contributed by atoms with E-state index in [2.05, 4.69) is 0 Å². The van der Waals surface area contributed by atoms with E-state index in [4.69, 9.17) is 33.2 Å². The summed E-state index contributed by atoms with van der Waals surface area (Å²) >= 11 is 0. The summed E-state index contributed by atoms with van der Waals surface area (Å²) in [6.07, 6.45) is -1.62. The molecule has 3 heterocycles. The second-order valence-corrected chi connectivity index (χ2v) is 11.6. The van der Waals surface area contributed by atoms with Crippen LogP contribution in [0.5, 0.6) is 5.75 Å². The predicted molar refractivity (Wildman–Crippen MR) is 167 cm³/mol. The number of hydrogen-bond acceptors (Lipinski definition) is 10. The minimum Gasteiger partial charge on any atom is -0.497 e. The molecule has 0 aromatic heterocycles. The highest BCUT2D eigenvalue weighted by molar-refractivity contribution is 6.21. The van der Waals surface area contributed by atoms with Crippen molar-refractivity contribution < 1.29 is 47.5 Å². The molecule has 11 nitrogen and oxygen atoms in total. The van der Waals surface area contributed by atoms with Crippen molar-refractivity contribution in [2.24, 2.45) is 0 Å². The number of fused-ring (bicyclic) bond motifs is 2. The fourth-order valence-electron chi connectivity index (χ4n) is 6.19. The third-order valence-corrected chi connectivity index (χ3v) is 8.64. The summed E-state index contributed by atoms with van der Waals surface area (Å²) < 4.78 is 42.2. The highest BCUT2D eigenvalue weighted by Crippen LogP contribution is 2.40. The molecule has 6 rings (SSSR count). The normalized spacial score (nSPS) is 25.3. The lowest BCUT2D eigenvalue weighted by Crippen LogP contribution is -2.68. The molecule has 0 spiro atoms. The maximum atomic E-state index is 13.9. The van der Waals surface area contributed by atoms with Gasteiger partial charge in [0.15, 0.2) is 12.6 Å². The van der Waals surface area contributed by atoms with Crippen molar-refractivity contribution in [1.29, 1.82) is 0 Å². The van der Waals surface area contributed by atoms with Gasteiger partial charge in [0.1, 0.15) is 30.1 Å². The molecule has 11 heteroatoms. The van der Waals surface area contributed by atoms with Gasteiger partial charge in [-0.1, -0.05) is 61.0 Å². The van der Waals surface area contributed by atoms with Crippen molar-refractivity contribution in [3.05, 3.63) is 101 Å². The number of imide groups is 1. The first-order valence-corrected chi connectivity index (χ1v) is 15.9. The van der Waals surface area contributed by atoms with Crippen molar-refractivity contribution in [3.8, 4) is 5.75 Å². The third-order valence-electron chi connectivity index (χ3n) is 8.64. The van der Waals surface area contributed by atoms with Crippen molar-refractivity contribution in [2.45, 2.75) is 69.2 Å². The molecule has 3 aromatic carbocycles. The first kappa shape index (κ1) is 32.8. The number of ether oxygens (including phenoxy) is 7. The number of unbranched alkanes of at least 4 members (excludes halogenated alkanes) is 2. The lowest BCUT2D eigenvalue weighted by atomic mass is 9.94. The van der Waals surface area contributed by atoms with E-state index in [1.165, 1.54) is 12.0 Å². The Balaban J connectivity index is 1.29. The van der Waals surface area contributed by atoms with Crippen molar-refractivity contribution in [3.63, 3.8) is 0 Å². The van der Waals surface area contributed by atoms with Crippen LogP contribution in [0.2, 0.25) is 0 Å². The summed E-state index contributed by atoms with van der Waals surface area (Å²) in [7, 11) is 2.97. The van der Waals surface area contributed by atoms with Gasteiger partial charge in [-0.2, -0.15) is 0 Å². The van der Waals surface area contributed by atoms with Gasteiger partial charge in [0.2, 0.25) is 0 Å². The van der Waals surface area contributed by atoms with Crippen LogP contribution >= 0.6 is 0 Å². The van der Waals surface area contributed by atoms with Crippen LogP contribution in [-0.2, 0) is 39.8 Å². The molecule has 2 fully saturated rings. The molecule has 47 heavy (non-hydrogen) atoms. The molecule has 248 valence electrons. The second-order valence-electron chi connectivity index (χ2n) is 11.6. The maximum absolute atomic E-state index is 13.9. The maximum Gasteiger partial charge on any atom is 0.305 e. The summed E-state index contributed by atoms with van der Waals surface area (Å²) in [6, 6.07) is 22.8. The van der Waals surface area contributed by atoms with Crippen LogP contribution in [0.25, 0.3) is 0 Å². The first-order chi connectivity index (χ1) is 23.0. The molecule has 0 saturated carbocycles. The number of benzene rings is 3. The van der Waals surface area contributed by atoms with Gasteiger partial charge in [0.05, 0.1) is 38.6 Å². The monoisotopic (exact) mass is 645 g/mol. The topological polar surface area (TPSA) is 119 Å². The van der Waals surface area contributed by atoms with E-state index in [1.54, 1.807) is 31.4 Å². The van der Waals surface area contributed by atoms with Crippen molar-refractivity contribution in [2.75, 3.05) is 27.4 Å². The molecular formula is C36H39NO10. The van der Waals surface area contributed by atoms with Crippen LogP contribution in [0.15, 0.2) is 78.9 Å². The van der Waals surface area contributed by atoms with E-state index in [-0.39, 0.29) is 25.8 Å². The van der Waals surface area contributed by atoms with E-state index in [0.717, 1.165) is 17.5 Å². The number of esters is 1. The van der Waals surface area contributed by atoms with Crippen LogP contribution in [0.4, 0.5) is 0 Å². The Bertz CT molecular complexity index is 1500. The Morgan fingerprint density at radius 1 is 0.830 bits per heavy atom. The highest BCUT2D eigenvalue weighted by Gasteiger charge is 2.57. The number of nitrogens with zero attached hydrogens (tertiary/aromatic N) is 1. The lowest BCUT2D eigenvalue weighted by molar-refractivity contribution is -0.354. The Labute approximate surface area is 273 Å². The summed E-state index contributed by atoms with van der Waals surface area (Å²) in [4.78, 5) is 40.5. The molecule has 2 amide bonds. The van der Waals surface area contributed by atoms with E-state index in [0.29, 0.717) is 36.1 Å². The average Bonchev–Trinajstić information content (AvgIpc) is 3.37. The van der Waals surface area contributed by atoms with Crippen LogP contribution in [0, 0.1) is 0 Å². The summed E-state index contributed by atoms with van der Waals surface area (Å²) in [5.41, 5.74) is 2.31. The number of carbonyl (C=O) groups excluding carboxylic acids is 3. The molecule has 3 aliphatic rings. The number of hydrogen-bond donors (Lipinski definition) is 0. The van der Waals surface area contributed by atoms with Gasteiger partial charge < -0.3 is 33.2 Å². The zero-order valence-electron chi connectivity index (χ0n) is 26.4. The van der Waals surface area contributed by atoms with Gasteiger partial charge in [0, 0.05) is 18.6 Å². The Kier molecular flexibility index (Phi) is 10.6. The van der Waals surface area contributed by atoms with E-state index in [9.17, 15) is 14.4 Å². The average molecular weight is 646 g/mol. The van der Waals surface area contributed by atoms with Crippen LogP contribution in [-0.4, -0.2) is 80.8 Å². The minimum atomic E-state index is -1.02. The number of methoxy groups -OCH3 is 2. The van der Waals surface area contributed by atoms with Crippen LogP contribution in [0.3, 0.4) is 0 Å². The number of rotatable bonds is 13. The molecule has 0 aliphatic carbocycles. The Morgan fingerprint density at radius 2 is 1.53 bits per heavy atom. The quantitative estimate of drug-likeness (QED) is 0.145. The van der Waals surface area contributed by atoms with Gasteiger partial charge in [-0.15, -0.1) is 0 Å². The smallest absolute Gasteiger partial charge is 0.305 e. The fraction of sp³-hybridized carbons (Fsp3) is 0.417. The predicted octanol–water partition coefficient (Wildman–Crippen LogP) is 4.83. The zero-order chi connectivity index (χ0) is 32.8. The van der Waals surface area contributed by atoms with Crippen molar-refractivity contribution >= 4 is 17.8 Å². The number of amides is 2. The molecule has 0 N–H and O–H groups in total. The van der Waals surface area contributed by atoms with E-state index < -0.39 is 48.7 Å². The van der Waals surface area contributed by atoms with Gasteiger partial charge in [0.25, 0.3) is 11.8 Å². The van der Waals surface area contributed by atoms with Gasteiger partial charge in [-0.3, -0.25) is 19.3 Å². The molecule has 0 bridgehead atoms. The number of carbonyl (C=O) groups is 3. The van der Waals surface area contributed by atoms with Gasteiger partial charge in [-0.25, -0.2) is 0 Å². The van der Waals surface area contributed by atoms with Crippen LogP contribution in [0.1, 0.15) is 63.8 Å². The molecular weight excluding hydrogens is 606 g/mol. The summed E-state index contributed by atoms with van der Waals surface area (Å²) in [5.74, 6) is -0.460. The molecule has 2 saturated heterocycles. The van der Waals surface area contributed by atoms with Crippen LogP contribution < -0.4 is 4.74 Å². The van der Waals surface area contributed by atoms with E-state index >= 15 is 0 Å². The van der Waals surface area contributed by atoms with E-state index in [1.807, 2.05) is 54.6 Å². The Morgan fingerprint density at radius 3 is 2.21 bits per heavy atom. The molecule has 3 aromatic rings. The minimum absolute atomic E-state index is 0.167. The molecule has 0 radical (unpaired) electrons. The molecule has 3 aliphatic heterocycles. The second kappa shape index (κ2) is 15.2. The molecule has 6 atom stereocenters.